The molecule has 2 aromatic carbocycles. The largest absolute Gasteiger partial charge is 0.369 e. The molecule has 0 atom stereocenters. The number of halogens is 1. The van der Waals surface area contributed by atoms with Gasteiger partial charge in [-0.05, 0) is 77.2 Å². The Morgan fingerprint density at radius 2 is 1.59 bits per heavy atom. The molecule has 0 spiro atoms. The second-order valence-electron chi connectivity index (χ2n) is 10.3. The summed E-state index contributed by atoms with van der Waals surface area (Å²) in [5.41, 5.74) is 2.78. The summed E-state index contributed by atoms with van der Waals surface area (Å²) in [5, 5.41) is 6.60. The van der Waals surface area contributed by atoms with Gasteiger partial charge in [0.05, 0.1) is 5.02 Å². The number of piperazine rings is 1. The van der Waals surface area contributed by atoms with E-state index in [1.165, 1.54) is 11.8 Å². The molecule has 0 bridgehead atoms. The molecule has 3 aromatic rings. The molecular formula is C26H34ClN7O2S. The van der Waals surface area contributed by atoms with Crippen molar-refractivity contribution >= 4 is 50.5 Å². The predicted octanol–water partition coefficient (Wildman–Crippen LogP) is 4.75. The zero-order valence-electron chi connectivity index (χ0n) is 21.8. The van der Waals surface area contributed by atoms with Crippen LogP contribution in [-0.4, -0.2) is 62.1 Å². The summed E-state index contributed by atoms with van der Waals surface area (Å²) in [5.74, 6) is 0.984. The normalized spacial score (nSPS) is 15.0. The number of nitrogens with zero attached hydrogens (tertiary/aromatic N) is 4. The van der Waals surface area contributed by atoms with Gasteiger partial charge in [0.15, 0.2) is 0 Å². The van der Waals surface area contributed by atoms with Crippen molar-refractivity contribution in [1.29, 1.82) is 0 Å². The van der Waals surface area contributed by atoms with Gasteiger partial charge < -0.3 is 20.4 Å². The number of nitrogens with one attached hydrogen (secondary N) is 3. The van der Waals surface area contributed by atoms with Crippen LogP contribution in [0.5, 0.6) is 0 Å². The van der Waals surface area contributed by atoms with E-state index in [0.717, 1.165) is 37.4 Å². The van der Waals surface area contributed by atoms with Crippen molar-refractivity contribution < 1.29 is 8.42 Å². The summed E-state index contributed by atoms with van der Waals surface area (Å²) >= 11 is 6.24. The van der Waals surface area contributed by atoms with Gasteiger partial charge in [-0.3, -0.25) is 0 Å². The lowest BCUT2D eigenvalue weighted by atomic mass is 10.1. The van der Waals surface area contributed by atoms with Crippen molar-refractivity contribution in [2.45, 2.75) is 38.1 Å². The molecule has 1 aliphatic rings. The van der Waals surface area contributed by atoms with Crippen LogP contribution >= 0.6 is 11.6 Å². The topological polar surface area (TPSA) is 102 Å². The molecule has 1 aromatic heterocycles. The molecule has 9 nitrogen and oxygen atoms in total. The lowest BCUT2D eigenvalue weighted by molar-refractivity contribution is 0.313. The van der Waals surface area contributed by atoms with Gasteiger partial charge in [-0.1, -0.05) is 11.6 Å². The Hall–Kier alpha value is -2.92. The van der Waals surface area contributed by atoms with E-state index < -0.39 is 15.6 Å². The van der Waals surface area contributed by atoms with Crippen LogP contribution < -0.4 is 20.3 Å². The Bertz CT molecular complexity index is 1350. The first-order valence-electron chi connectivity index (χ1n) is 12.1. The predicted molar refractivity (Wildman–Crippen MR) is 151 cm³/mol. The highest BCUT2D eigenvalue weighted by molar-refractivity contribution is 7.89. The van der Waals surface area contributed by atoms with Crippen molar-refractivity contribution in [2.24, 2.45) is 0 Å². The zero-order valence-corrected chi connectivity index (χ0v) is 23.4. The summed E-state index contributed by atoms with van der Waals surface area (Å²) in [6.45, 7) is 11.4. The van der Waals surface area contributed by atoms with Gasteiger partial charge in [-0.25, -0.2) is 18.1 Å². The fourth-order valence-electron chi connectivity index (χ4n) is 3.96. The van der Waals surface area contributed by atoms with Gasteiger partial charge >= 0.3 is 0 Å². The van der Waals surface area contributed by atoms with E-state index in [0.29, 0.717) is 17.5 Å². The van der Waals surface area contributed by atoms with Crippen molar-refractivity contribution in [1.82, 2.24) is 19.6 Å². The minimum Gasteiger partial charge on any atom is -0.369 e. The number of benzene rings is 2. The lowest BCUT2D eigenvalue weighted by Gasteiger charge is -2.34. The number of sulfonamides is 1. The Morgan fingerprint density at radius 1 is 0.946 bits per heavy atom. The highest BCUT2D eigenvalue weighted by Crippen LogP contribution is 2.29. The first-order chi connectivity index (χ1) is 17.4. The number of anilines is 5. The van der Waals surface area contributed by atoms with Crippen molar-refractivity contribution in [3.63, 3.8) is 0 Å². The molecule has 0 aliphatic carbocycles. The maximum absolute atomic E-state index is 12.9. The van der Waals surface area contributed by atoms with Crippen molar-refractivity contribution in [3.8, 4) is 0 Å². The molecule has 0 unspecified atom stereocenters. The Kier molecular flexibility index (Phi) is 7.94. The summed E-state index contributed by atoms with van der Waals surface area (Å²) in [6, 6.07) is 13.0. The smallest absolute Gasteiger partial charge is 0.242 e. The summed E-state index contributed by atoms with van der Waals surface area (Å²) < 4.78 is 28.4. The Balaban J connectivity index is 1.49. The Labute approximate surface area is 224 Å². The molecule has 0 saturated carbocycles. The standard InChI is InChI=1S/C26H34ClN7O2S/c1-18-17-28-25(30-19-6-9-21(10-7-19)34-14-12-33(5)13-15-34)31-24(18)29-20-8-11-22(27)23(16-20)37(35,36)32-26(2,3)4/h6-11,16-17,32H,12-15H2,1-5H3,(H2,28,29,30,31). The zero-order chi connectivity index (χ0) is 26.8. The molecule has 1 fully saturated rings. The number of aromatic nitrogens is 2. The fourth-order valence-corrected chi connectivity index (χ4v) is 5.91. The first kappa shape index (κ1) is 27.1. The highest BCUT2D eigenvalue weighted by atomic mass is 35.5. The molecular weight excluding hydrogens is 510 g/mol. The second-order valence-corrected chi connectivity index (χ2v) is 12.4. The number of likely N-dealkylation sites (N-methyl/N-ethyl adjacent to an activating group) is 1. The fraction of sp³-hybridized carbons (Fsp3) is 0.385. The van der Waals surface area contributed by atoms with Crippen LogP contribution in [0.25, 0.3) is 0 Å². The third-order valence-corrected chi connectivity index (χ3v) is 8.13. The summed E-state index contributed by atoms with van der Waals surface area (Å²) in [4.78, 5) is 13.7. The van der Waals surface area contributed by atoms with E-state index in [1.54, 1.807) is 39.1 Å². The number of hydrogen-bond donors (Lipinski definition) is 3. The number of aryl methyl sites for hydroxylation is 1. The Morgan fingerprint density at radius 3 is 2.24 bits per heavy atom. The molecule has 3 N–H and O–H groups in total. The summed E-state index contributed by atoms with van der Waals surface area (Å²) in [7, 11) is -1.66. The molecule has 1 aliphatic heterocycles. The minimum absolute atomic E-state index is 0.000380. The van der Waals surface area contributed by atoms with E-state index in [1.807, 2.05) is 19.1 Å². The molecule has 11 heteroatoms. The molecule has 1 saturated heterocycles. The third-order valence-electron chi connectivity index (χ3n) is 5.89. The third kappa shape index (κ3) is 7.10. The molecule has 2 heterocycles. The van der Waals surface area contributed by atoms with Crippen LogP contribution in [0.1, 0.15) is 26.3 Å². The molecule has 37 heavy (non-hydrogen) atoms. The van der Waals surface area contributed by atoms with E-state index in [2.05, 4.69) is 54.3 Å². The summed E-state index contributed by atoms with van der Waals surface area (Å²) in [6.07, 6.45) is 1.71. The van der Waals surface area contributed by atoms with Crippen LogP contribution in [0.2, 0.25) is 5.02 Å². The van der Waals surface area contributed by atoms with Crippen LogP contribution in [0, 0.1) is 6.92 Å². The van der Waals surface area contributed by atoms with Crippen LogP contribution in [-0.2, 0) is 10.0 Å². The number of rotatable bonds is 7. The maximum Gasteiger partial charge on any atom is 0.242 e. The van der Waals surface area contributed by atoms with Gasteiger partial charge in [-0.15, -0.1) is 0 Å². The van der Waals surface area contributed by atoms with Crippen molar-refractivity contribution in [2.75, 3.05) is 48.8 Å². The molecule has 198 valence electrons. The average molecular weight is 544 g/mol. The monoisotopic (exact) mass is 543 g/mol. The van der Waals surface area contributed by atoms with E-state index in [9.17, 15) is 8.42 Å². The second kappa shape index (κ2) is 10.8. The van der Waals surface area contributed by atoms with E-state index in [4.69, 9.17) is 11.6 Å². The van der Waals surface area contributed by atoms with Crippen LogP contribution in [0.4, 0.5) is 28.8 Å². The molecule has 0 radical (unpaired) electrons. The van der Waals surface area contributed by atoms with Crippen molar-refractivity contribution in [3.05, 3.63) is 59.2 Å². The van der Waals surface area contributed by atoms with Gasteiger partial charge in [0.25, 0.3) is 0 Å². The lowest BCUT2D eigenvalue weighted by Crippen LogP contribution is -2.44. The average Bonchev–Trinajstić information content (AvgIpc) is 2.82. The van der Waals surface area contributed by atoms with Crippen LogP contribution in [0.3, 0.4) is 0 Å². The molecule has 4 rings (SSSR count). The maximum atomic E-state index is 12.9. The quantitative estimate of drug-likeness (QED) is 0.392. The molecule has 0 amide bonds. The highest BCUT2D eigenvalue weighted by Gasteiger charge is 2.25. The minimum atomic E-state index is -3.81. The number of hydrogen-bond acceptors (Lipinski definition) is 8. The van der Waals surface area contributed by atoms with E-state index in [-0.39, 0.29) is 9.92 Å². The van der Waals surface area contributed by atoms with E-state index >= 15 is 0 Å². The SMILES string of the molecule is Cc1cnc(Nc2ccc(N3CCN(C)CC3)cc2)nc1Nc1ccc(Cl)c(S(=O)(=O)NC(C)(C)C)c1. The van der Waals surface area contributed by atoms with Crippen LogP contribution in [0.15, 0.2) is 53.6 Å². The van der Waals surface area contributed by atoms with Gasteiger partial charge in [-0.2, -0.15) is 4.98 Å². The van der Waals surface area contributed by atoms with Gasteiger partial charge in [0.1, 0.15) is 10.7 Å². The van der Waals surface area contributed by atoms with Gasteiger partial charge in [0, 0.05) is 60.5 Å². The van der Waals surface area contributed by atoms with Gasteiger partial charge in [0.2, 0.25) is 16.0 Å². The first-order valence-corrected chi connectivity index (χ1v) is 14.0.